The summed E-state index contributed by atoms with van der Waals surface area (Å²) in [7, 11) is 1.83. The zero-order valence-corrected chi connectivity index (χ0v) is 17.7. The number of amides is 2. The molecule has 0 spiro atoms. The lowest BCUT2D eigenvalue weighted by molar-refractivity contribution is 0.0847. The molecule has 1 saturated heterocycles. The monoisotopic (exact) mass is 414 g/mol. The number of carbonyl (C=O) groups excluding carboxylic acids is 1. The van der Waals surface area contributed by atoms with Crippen LogP contribution in [0.2, 0.25) is 0 Å². The van der Waals surface area contributed by atoms with Crippen molar-refractivity contribution in [2.75, 3.05) is 33.2 Å². The molecule has 0 saturated carbocycles. The summed E-state index contributed by atoms with van der Waals surface area (Å²) in [4.78, 5) is 20.6. The summed E-state index contributed by atoms with van der Waals surface area (Å²) in [6, 6.07) is 9.84. The molecular weight excluding hydrogens is 383 g/mol. The molecule has 162 valence electrons. The Labute approximate surface area is 177 Å². The van der Waals surface area contributed by atoms with Crippen molar-refractivity contribution in [1.82, 2.24) is 20.1 Å². The number of aryl methyl sites for hydroxylation is 1. The topological polar surface area (TPSA) is 68.7 Å². The average molecular weight is 415 g/mol. The summed E-state index contributed by atoms with van der Waals surface area (Å²) in [5, 5.41) is 13.3. The van der Waals surface area contributed by atoms with E-state index in [1.54, 1.807) is 23.2 Å². The molecule has 1 aliphatic rings. The fraction of sp³-hybridized carbons (Fsp3) is 0.478. The Bertz CT molecular complexity index is 805. The molecule has 2 heterocycles. The third-order valence-electron chi connectivity index (χ3n) is 5.69. The number of nitrogens with zero attached hydrogens (tertiary/aromatic N) is 3. The zero-order valence-electron chi connectivity index (χ0n) is 17.7. The van der Waals surface area contributed by atoms with E-state index in [4.69, 9.17) is 0 Å². The molecule has 1 aromatic carbocycles. The van der Waals surface area contributed by atoms with Crippen molar-refractivity contribution < 1.29 is 14.3 Å². The van der Waals surface area contributed by atoms with Crippen molar-refractivity contribution >= 4 is 6.03 Å². The molecular formula is C23H31FN4O2. The van der Waals surface area contributed by atoms with Gasteiger partial charge in [0, 0.05) is 38.6 Å². The number of nitrogens with one attached hydrogen (secondary N) is 1. The highest BCUT2D eigenvalue weighted by Gasteiger charge is 2.23. The molecule has 1 fully saturated rings. The van der Waals surface area contributed by atoms with Gasteiger partial charge in [0.05, 0.1) is 6.10 Å². The zero-order chi connectivity index (χ0) is 21.5. The van der Waals surface area contributed by atoms with Crippen LogP contribution in [0, 0.1) is 18.7 Å². The van der Waals surface area contributed by atoms with Crippen molar-refractivity contribution in [3.05, 3.63) is 65.2 Å². The number of hydrogen-bond acceptors (Lipinski definition) is 4. The molecule has 2 N–H and O–H groups in total. The first-order valence-corrected chi connectivity index (χ1v) is 10.5. The van der Waals surface area contributed by atoms with Crippen molar-refractivity contribution in [2.24, 2.45) is 5.92 Å². The normalized spacial score (nSPS) is 16.3. The Morgan fingerprint density at radius 3 is 2.60 bits per heavy atom. The van der Waals surface area contributed by atoms with Gasteiger partial charge in [0.15, 0.2) is 0 Å². The fourth-order valence-corrected chi connectivity index (χ4v) is 3.77. The molecule has 30 heavy (non-hydrogen) atoms. The highest BCUT2D eigenvalue weighted by Crippen LogP contribution is 2.21. The molecule has 0 bridgehead atoms. The number of aliphatic hydroxyl groups is 1. The number of hydrogen-bond donors (Lipinski definition) is 2. The van der Waals surface area contributed by atoms with E-state index in [0.717, 1.165) is 42.8 Å². The van der Waals surface area contributed by atoms with Crippen LogP contribution in [0.5, 0.6) is 0 Å². The van der Waals surface area contributed by atoms with Gasteiger partial charge in [0.1, 0.15) is 5.82 Å². The van der Waals surface area contributed by atoms with Crippen LogP contribution in [0.4, 0.5) is 9.18 Å². The Morgan fingerprint density at radius 2 is 1.97 bits per heavy atom. The van der Waals surface area contributed by atoms with Crippen molar-refractivity contribution in [2.45, 2.75) is 32.4 Å². The fourth-order valence-electron chi connectivity index (χ4n) is 3.77. The van der Waals surface area contributed by atoms with E-state index in [1.807, 2.05) is 26.1 Å². The summed E-state index contributed by atoms with van der Waals surface area (Å²) >= 11 is 0. The van der Waals surface area contributed by atoms with Crippen LogP contribution in [0.25, 0.3) is 0 Å². The molecule has 1 aliphatic heterocycles. The minimum Gasteiger partial charge on any atom is -0.387 e. The number of aliphatic hydroxyl groups excluding tert-OH is 1. The molecule has 1 unspecified atom stereocenters. The second kappa shape index (κ2) is 10.5. The lowest BCUT2D eigenvalue weighted by atomic mass is 9.95. The Hall–Kier alpha value is -2.51. The summed E-state index contributed by atoms with van der Waals surface area (Å²) < 4.78 is 13.0. The summed E-state index contributed by atoms with van der Waals surface area (Å²) in [6.45, 7) is 5.42. The number of piperidine rings is 1. The van der Waals surface area contributed by atoms with Gasteiger partial charge in [0.25, 0.3) is 0 Å². The number of likely N-dealkylation sites (tertiary alicyclic amines) is 1. The number of aromatic nitrogens is 1. The number of β-amino-alcohol motifs (C(OH)–C–C–N with tert-alkyl or cyclic N) is 1. The minimum absolute atomic E-state index is 0.0789. The summed E-state index contributed by atoms with van der Waals surface area (Å²) in [5.74, 6) is 0.149. The molecule has 6 nitrogen and oxygen atoms in total. The minimum atomic E-state index is -0.619. The molecule has 0 radical (unpaired) electrons. The predicted octanol–water partition coefficient (Wildman–Crippen LogP) is 3.12. The van der Waals surface area contributed by atoms with Crippen LogP contribution in [-0.2, 0) is 6.54 Å². The van der Waals surface area contributed by atoms with E-state index in [2.05, 4.69) is 15.2 Å². The van der Waals surface area contributed by atoms with Gasteiger partial charge >= 0.3 is 6.03 Å². The van der Waals surface area contributed by atoms with Crippen LogP contribution in [0.1, 0.15) is 35.8 Å². The van der Waals surface area contributed by atoms with Gasteiger partial charge in [-0.05, 0) is 68.1 Å². The Morgan fingerprint density at radius 1 is 1.27 bits per heavy atom. The maximum atomic E-state index is 13.0. The second-order valence-electron chi connectivity index (χ2n) is 8.16. The number of rotatable bonds is 7. The van der Waals surface area contributed by atoms with Gasteiger partial charge in [-0.1, -0.05) is 18.2 Å². The number of carbonyl (C=O) groups is 1. The SMILES string of the molecule is Cc1ccc(CNC(=O)N(C)CC2CCN(CC(O)c3ccc(F)cc3)CC2)cn1. The van der Waals surface area contributed by atoms with Crippen LogP contribution in [0.15, 0.2) is 42.6 Å². The van der Waals surface area contributed by atoms with Crippen LogP contribution >= 0.6 is 0 Å². The van der Waals surface area contributed by atoms with Gasteiger partial charge in [0.2, 0.25) is 0 Å². The first-order valence-electron chi connectivity index (χ1n) is 10.5. The summed E-state index contributed by atoms with van der Waals surface area (Å²) in [5.41, 5.74) is 2.67. The maximum Gasteiger partial charge on any atom is 0.317 e. The summed E-state index contributed by atoms with van der Waals surface area (Å²) in [6.07, 6.45) is 3.13. The Kier molecular flexibility index (Phi) is 7.76. The predicted molar refractivity (Wildman–Crippen MR) is 114 cm³/mol. The second-order valence-corrected chi connectivity index (χ2v) is 8.16. The number of pyridine rings is 1. The van der Waals surface area contributed by atoms with Gasteiger partial charge < -0.3 is 20.2 Å². The maximum absolute atomic E-state index is 13.0. The molecule has 7 heteroatoms. The van der Waals surface area contributed by atoms with E-state index < -0.39 is 6.10 Å². The lowest BCUT2D eigenvalue weighted by Crippen LogP contribution is -2.43. The van der Waals surface area contributed by atoms with Crippen molar-refractivity contribution in [3.8, 4) is 0 Å². The Balaban J connectivity index is 1.37. The molecule has 2 amide bonds. The van der Waals surface area contributed by atoms with Crippen LogP contribution in [0.3, 0.4) is 0 Å². The first-order chi connectivity index (χ1) is 14.4. The molecule has 3 rings (SSSR count). The molecule has 1 aromatic heterocycles. The van der Waals surface area contributed by atoms with E-state index in [9.17, 15) is 14.3 Å². The van der Waals surface area contributed by atoms with Crippen molar-refractivity contribution in [3.63, 3.8) is 0 Å². The van der Waals surface area contributed by atoms with Gasteiger partial charge in [-0.15, -0.1) is 0 Å². The van der Waals surface area contributed by atoms with Gasteiger partial charge in [-0.25, -0.2) is 9.18 Å². The van der Waals surface area contributed by atoms with Gasteiger partial charge in [-0.3, -0.25) is 4.98 Å². The first kappa shape index (κ1) is 22.2. The highest BCUT2D eigenvalue weighted by atomic mass is 19.1. The molecule has 2 aromatic rings. The van der Waals surface area contributed by atoms with Crippen molar-refractivity contribution in [1.29, 1.82) is 0 Å². The molecule has 1 atom stereocenters. The third kappa shape index (κ3) is 6.50. The van der Waals surface area contributed by atoms with E-state index in [0.29, 0.717) is 25.6 Å². The largest absolute Gasteiger partial charge is 0.387 e. The standard InChI is InChI=1S/C23H31FN4O2/c1-17-3-4-19(13-25-17)14-26-23(30)27(2)15-18-9-11-28(12-10-18)16-22(29)20-5-7-21(24)8-6-20/h3-8,13,18,22,29H,9-12,14-16H2,1-2H3,(H,26,30). The number of urea groups is 1. The smallest absolute Gasteiger partial charge is 0.317 e. The number of benzene rings is 1. The number of halogens is 1. The quantitative estimate of drug-likeness (QED) is 0.731. The highest BCUT2D eigenvalue weighted by molar-refractivity contribution is 5.73. The van der Waals surface area contributed by atoms with E-state index in [1.165, 1.54) is 12.1 Å². The lowest BCUT2D eigenvalue weighted by Gasteiger charge is -2.34. The van der Waals surface area contributed by atoms with Gasteiger partial charge in [-0.2, -0.15) is 0 Å². The van der Waals surface area contributed by atoms with E-state index >= 15 is 0 Å². The molecule has 0 aliphatic carbocycles. The van der Waals surface area contributed by atoms with Crippen LogP contribution in [-0.4, -0.2) is 59.1 Å². The van der Waals surface area contributed by atoms with Crippen LogP contribution < -0.4 is 5.32 Å². The third-order valence-corrected chi connectivity index (χ3v) is 5.69. The average Bonchev–Trinajstić information content (AvgIpc) is 2.75. The van der Waals surface area contributed by atoms with E-state index in [-0.39, 0.29) is 11.8 Å².